The Balaban J connectivity index is 0.00000324. The van der Waals surface area contributed by atoms with Crippen molar-refractivity contribution in [2.24, 2.45) is 5.73 Å². The van der Waals surface area contributed by atoms with Gasteiger partial charge in [-0.25, -0.2) is 0 Å². The van der Waals surface area contributed by atoms with Gasteiger partial charge in [-0.3, -0.25) is 0 Å². The van der Waals surface area contributed by atoms with Crippen LogP contribution >= 0.6 is 12.4 Å². The third-order valence-corrected chi connectivity index (χ3v) is 2.34. The van der Waals surface area contributed by atoms with Crippen molar-refractivity contribution in [3.8, 4) is 11.5 Å². The molecular formula is C10H11ClF5NO2. The Morgan fingerprint density at radius 1 is 1.21 bits per heavy atom. The van der Waals surface area contributed by atoms with Crippen LogP contribution in [0.4, 0.5) is 22.0 Å². The first-order chi connectivity index (χ1) is 8.11. The number of rotatable bonds is 3. The summed E-state index contributed by atoms with van der Waals surface area (Å²) in [5.74, 6) is -5.82. The summed E-state index contributed by atoms with van der Waals surface area (Å²) in [6.07, 6.45) is -5.79. The highest BCUT2D eigenvalue weighted by Crippen LogP contribution is 2.45. The summed E-state index contributed by atoms with van der Waals surface area (Å²) in [6, 6.07) is 0.199. The van der Waals surface area contributed by atoms with Gasteiger partial charge in [0.05, 0.1) is 7.11 Å². The predicted molar refractivity (Wildman–Crippen MR) is 59.8 cm³/mol. The third kappa shape index (κ3) is 3.38. The maximum atomic E-state index is 13.0. The molecule has 110 valence electrons. The number of benzene rings is 1. The SMILES string of the molecule is COc1ccc([C@H](N)C(F)(F)C(F)(F)F)c(O)c1.Cl. The fourth-order valence-corrected chi connectivity index (χ4v) is 1.29. The predicted octanol–water partition coefficient (Wildman–Crippen LogP) is 3.02. The zero-order valence-electron chi connectivity index (χ0n) is 9.54. The molecule has 3 nitrogen and oxygen atoms in total. The van der Waals surface area contributed by atoms with Crippen molar-refractivity contribution in [2.75, 3.05) is 7.11 Å². The van der Waals surface area contributed by atoms with E-state index in [0.717, 1.165) is 18.2 Å². The number of aromatic hydroxyl groups is 1. The fourth-order valence-electron chi connectivity index (χ4n) is 1.29. The van der Waals surface area contributed by atoms with Gasteiger partial charge >= 0.3 is 12.1 Å². The summed E-state index contributed by atoms with van der Waals surface area (Å²) < 4.78 is 67.0. The molecule has 0 saturated heterocycles. The number of hydrogen-bond donors (Lipinski definition) is 2. The minimum Gasteiger partial charge on any atom is -0.507 e. The number of phenolic OH excluding ortho intramolecular Hbond substituents is 1. The van der Waals surface area contributed by atoms with E-state index in [9.17, 15) is 27.1 Å². The highest BCUT2D eigenvalue weighted by atomic mass is 35.5. The molecule has 1 atom stereocenters. The standard InChI is InChI=1S/C10H10F5NO2.ClH/c1-18-5-2-3-6(7(17)4-5)8(16)9(11,12)10(13,14)15;/h2-4,8,17H,16H2,1H3;1H/t8-;/m0./s1. The second-order valence-electron chi connectivity index (χ2n) is 3.52. The topological polar surface area (TPSA) is 55.5 Å². The monoisotopic (exact) mass is 307 g/mol. The molecule has 1 aromatic carbocycles. The van der Waals surface area contributed by atoms with Crippen molar-refractivity contribution in [3.63, 3.8) is 0 Å². The van der Waals surface area contributed by atoms with Crippen molar-refractivity contribution < 1.29 is 31.8 Å². The largest absolute Gasteiger partial charge is 0.507 e. The van der Waals surface area contributed by atoms with Crippen LogP contribution in [-0.2, 0) is 0 Å². The van der Waals surface area contributed by atoms with Crippen LogP contribution < -0.4 is 10.5 Å². The first kappa shape index (κ1) is 17.7. The van der Waals surface area contributed by atoms with Crippen LogP contribution in [0, 0.1) is 0 Å². The molecule has 0 aromatic heterocycles. The Bertz CT molecular complexity index is 438. The second kappa shape index (κ2) is 5.79. The lowest BCUT2D eigenvalue weighted by atomic mass is 10.00. The van der Waals surface area contributed by atoms with Crippen LogP contribution in [0.15, 0.2) is 18.2 Å². The molecule has 0 bridgehead atoms. The van der Waals surface area contributed by atoms with E-state index >= 15 is 0 Å². The van der Waals surface area contributed by atoms with Gasteiger partial charge in [0, 0.05) is 11.6 Å². The zero-order valence-corrected chi connectivity index (χ0v) is 10.4. The molecule has 19 heavy (non-hydrogen) atoms. The van der Waals surface area contributed by atoms with Crippen LogP contribution in [0.25, 0.3) is 0 Å². The Morgan fingerprint density at radius 3 is 2.11 bits per heavy atom. The molecule has 0 aliphatic heterocycles. The molecule has 3 N–H and O–H groups in total. The van der Waals surface area contributed by atoms with E-state index in [2.05, 4.69) is 4.74 Å². The molecular weight excluding hydrogens is 297 g/mol. The number of phenols is 1. The minimum absolute atomic E-state index is 0. The van der Waals surface area contributed by atoms with Gasteiger partial charge in [-0.15, -0.1) is 12.4 Å². The molecule has 0 aliphatic carbocycles. The molecule has 0 unspecified atom stereocenters. The van der Waals surface area contributed by atoms with Gasteiger partial charge < -0.3 is 15.6 Å². The quantitative estimate of drug-likeness (QED) is 0.844. The molecule has 0 amide bonds. The molecule has 0 heterocycles. The first-order valence-electron chi connectivity index (χ1n) is 4.68. The summed E-state index contributed by atoms with van der Waals surface area (Å²) in [6.45, 7) is 0. The molecule has 0 aliphatic rings. The second-order valence-corrected chi connectivity index (χ2v) is 3.52. The number of nitrogens with two attached hydrogens (primary N) is 1. The van der Waals surface area contributed by atoms with E-state index in [4.69, 9.17) is 5.73 Å². The molecule has 0 radical (unpaired) electrons. The number of halogens is 6. The molecule has 9 heteroatoms. The molecule has 0 saturated carbocycles. The molecule has 0 spiro atoms. The number of hydrogen-bond acceptors (Lipinski definition) is 3. The first-order valence-corrected chi connectivity index (χ1v) is 4.68. The van der Waals surface area contributed by atoms with Gasteiger partial charge in [-0.2, -0.15) is 22.0 Å². The van der Waals surface area contributed by atoms with E-state index in [0.29, 0.717) is 0 Å². The summed E-state index contributed by atoms with van der Waals surface area (Å²) in [4.78, 5) is 0. The summed E-state index contributed by atoms with van der Waals surface area (Å²) in [5, 5.41) is 9.36. The lowest BCUT2D eigenvalue weighted by Gasteiger charge is -2.26. The molecule has 1 rings (SSSR count). The van der Waals surface area contributed by atoms with Gasteiger partial charge in [0.2, 0.25) is 0 Å². The van der Waals surface area contributed by atoms with Crippen molar-refractivity contribution in [1.29, 1.82) is 0 Å². The third-order valence-electron chi connectivity index (χ3n) is 2.34. The van der Waals surface area contributed by atoms with Crippen molar-refractivity contribution >= 4 is 12.4 Å². The van der Waals surface area contributed by atoms with Crippen LogP contribution in [0.3, 0.4) is 0 Å². The Kier molecular flexibility index (Phi) is 5.40. The molecule has 0 fully saturated rings. The zero-order chi connectivity index (χ0) is 14.1. The van der Waals surface area contributed by atoms with Gasteiger partial charge in [-0.05, 0) is 12.1 Å². The Labute approximate surface area is 111 Å². The maximum absolute atomic E-state index is 13.0. The average molecular weight is 308 g/mol. The van der Waals surface area contributed by atoms with E-state index in [1.54, 1.807) is 0 Å². The van der Waals surface area contributed by atoms with Crippen LogP contribution in [0.1, 0.15) is 11.6 Å². The van der Waals surface area contributed by atoms with Crippen molar-refractivity contribution in [3.05, 3.63) is 23.8 Å². The summed E-state index contributed by atoms with van der Waals surface area (Å²) in [7, 11) is 1.25. The summed E-state index contributed by atoms with van der Waals surface area (Å²) in [5.41, 5.74) is 4.17. The maximum Gasteiger partial charge on any atom is 0.455 e. The normalized spacial score (nSPS) is 13.6. The summed E-state index contributed by atoms with van der Waals surface area (Å²) >= 11 is 0. The van der Waals surface area contributed by atoms with Crippen molar-refractivity contribution in [1.82, 2.24) is 0 Å². The van der Waals surface area contributed by atoms with Crippen LogP contribution in [0.5, 0.6) is 11.5 Å². The van der Waals surface area contributed by atoms with E-state index in [-0.39, 0.29) is 18.2 Å². The van der Waals surface area contributed by atoms with Crippen molar-refractivity contribution in [2.45, 2.75) is 18.1 Å². The van der Waals surface area contributed by atoms with E-state index in [1.165, 1.54) is 7.11 Å². The van der Waals surface area contributed by atoms with Gasteiger partial charge in [0.25, 0.3) is 0 Å². The van der Waals surface area contributed by atoms with Crippen LogP contribution in [-0.4, -0.2) is 24.3 Å². The lowest BCUT2D eigenvalue weighted by Crippen LogP contribution is -2.45. The smallest absolute Gasteiger partial charge is 0.455 e. The molecule has 1 aromatic rings. The van der Waals surface area contributed by atoms with Crippen LogP contribution in [0.2, 0.25) is 0 Å². The fraction of sp³-hybridized carbons (Fsp3) is 0.400. The van der Waals surface area contributed by atoms with Gasteiger partial charge in [-0.1, -0.05) is 0 Å². The minimum atomic E-state index is -5.79. The van der Waals surface area contributed by atoms with E-state index in [1.807, 2.05) is 0 Å². The average Bonchev–Trinajstić information content (AvgIpc) is 2.26. The van der Waals surface area contributed by atoms with E-state index < -0.39 is 29.5 Å². The number of alkyl halides is 5. The Morgan fingerprint density at radius 2 is 1.74 bits per heavy atom. The number of methoxy groups -OCH3 is 1. The lowest BCUT2D eigenvalue weighted by molar-refractivity contribution is -0.291. The highest BCUT2D eigenvalue weighted by Gasteiger charge is 2.62. The number of ether oxygens (including phenoxy) is 1. The van der Waals surface area contributed by atoms with Gasteiger partial charge in [0.15, 0.2) is 0 Å². The highest BCUT2D eigenvalue weighted by molar-refractivity contribution is 5.85. The Hall–Kier alpha value is -1.28. The van der Waals surface area contributed by atoms with Gasteiger partial charge in [0.1, 0.15) is 17.5 Å².